The van der Waals surface area contributed by atoms with Crippen LogP contribution < -0.4 is 31.9 Å². The Morgan fingerprint density at radius 2 is 0.895 bits per heavy atom. The lowest BCUT2D eigenvalue weighted by atomic mass is 10.1. The van der Waals surface area contributed by atoms with Gasteiger partial charge in [0.1, 0.15) is 36.5 Å². The van der Waals surface area contributed by atoms with Gasteiger partial charge in [-0.3, -0.25) is 0 Å². The van der Waals surface area contributed by atoms with Crippen LogP contribution in [-0.2, 0) is 33.7 Å². The molecule has 4 aliphatic rings. The second-order valence-corrected chi connectivity index (χ2v) is 26.0. The molecule has 6 N–H and O–H groups in total. The molecule has 6 heterocycles. The van der Waals surface area contributed by atoms with E-state index in [1.165, 1.54) is 24.3 Å². The van der Waals surface area contributed by atoms with Crippen LogP contribution in [0.2, 0.25) is 0 Å². The number of piperidine rings is 2. The minimum absolute atomic E-state index is 0.127. The molecule has 2 aromatic heterocycles. The first kappa shape index (κ1) is 62.7. The predicted molar refractivity (Wildman–Crippen MR) is 326 cm³/mol. The molecule has 10 rings (SSSR count). The Bertz CT molecular complexity index is 3160. The fraction of sp³-hybridized carbons (Fsp3) is 0.448. The molecule has 28 heteroatoms. The maximum atomic E-state index is 14.8. The summed E-state index contributed by atoms with van der Waals surface area (Å²) in [5, 5.41) is 23.5. The highest BCUT2D eigenvalue weighted by Gasteiger charge is 2.43. The van der Waals surface area contributed by atoms with E-state index >= 15 is 0 Å². The Hall–Kier alpha value is -6.30. The number of hydrazine groups is 2. The first-order valence-electron chi connectivity index (χ1n) is 29.4. The molecule has 460 valence electrons. The number of rotatable bonds is 28. The molecule has 0 spiro atoms. The maximum absolute atomic E-state index is 14.8. The Kier molecular flexibility index (Phi) is 21.6. The molecule has 0 amide bonds. The molecule has 0 radical (unpaired) electrons. The first-order chi connectivity index (χ1) is 41.7. The van der Waals surface area contributed by atoms with Crippen LogP contribution in [0, 0.1) is 11.6 Å². The summed E-state index contributed by atoms with van der Waals surface area (Å²) in [7, 11) is -10.4. The lowest BCUT2D eigenvalue weighted by Crippen LogP contribution is -2.60. The van der Waals surface area contributed by atoms with E-state index in [2.05, 4.69) is 61.6 Å². The van der Waals surface area contributed by atoms with Crippen LogP contribution in [0.3, 0.4) is 0 Å². The largest absolute Gasteiger partial charge is 0.697 e. The van der Waals surface area contributed by atoms with Crippen molar-refractivity contribution in [3.8, 4) is 0 Å². The monoisotopic (exact) mass is 1240 g/mol. The summed E-state index contributed by atoms with van der Waals surface area (Å²) >= 11 is 0. The van der Waals surface area contributed by atoms with Gasteiger partial charge in [0.15, 0.2) is 0 Å². The number of likely N-dealkylation sites (tertiary alicyclic amines) is 2. The van der Waals surface area contributed by atoms with Crippen molar-refractivity contribution in [3.63, 3.8) is 0 Å². The summed E-state index contributed by atoms with van der Waals surface area (Å²) in [6.45, 7) is 10.3. The highest BCUT2D eigenvalue weighted by molar-refractivity contribution is 7.89. The molecule has 2 unspecified atom stereocenters. The smallest absolute Gasteiger partial charge is 0.340 e. The van der Waals surface area contributed by atoms with Gasteiger partial charge in [0.2, 0.25) is 11.9 Å². The highest BCUT2D eigenvalue weighted by Crippen LogP contribution is 2.33. The molecule has 86 heavy (non-hydrogen) atoms. The van der Waals surface area contributed by atoms with E-state index in [9.17, 15) is 30.2 Å². The van der Waals surface area contributed by atoms with E-state index in [4.69, 9.17) is 9.05 Å². The number of anilines is 8. The summed E-state index contributed by atoms with van der Waals surface area (Å²) in [6.07, 6.45) is 8.77. The number of aromatic nitrogens is 4. The number of hydrogen-bond acceptors (Lipinski definition) is 21. The molecule has 0 aliphatic carbocycles. The van der Waals surface area contributed by atoms with Gasteiger partial charge in [-0.25, -0.2) is 45.6 Å². The van der Waals surface area contributed by atoms with Gasteiger partial charge in [-0.1, -0.05) is 13.8 Å². The second-order valence-electron chi connectivity index (χ2n) is 21.4. The summed E-state index contributed by atoms with van der Waals surface area (Å²) in [5.74, 6) is 0.896. The van der Waals surface area contributed by atoms with Crippen molar-refractivity contribution in [1.82, 2.24) is 59.2 Å². The number of halogens is 2. The maximum Gasteiger partial charge on any atom is 0.697 e. The van der Waals surface area contributed by atoms with Crippen LogP contribution in [-0.4, -0.2) is 168 Å². The third-order valence-electron chi connectivity index (χ3n) is 15.7. The van der Waals surface area contributed by atoms with Crippen LogP contribution in [0.4, 0.5) is 55.1 Å². The van der Waals surface area contributed by atoms with E-state index in [1.54, 1.807) is 106 Å². The van der Waals surface area contributed by atoms with Crippen molar-refractivity contribution in [2.45, 2.75) is 99.4 Å². The first-order valence-corrected chi connectivity index (χ1v) is 33.4. The zero-order chi connectivity index (χ0) is 60.0. The minimum Gasteiger partial charge on any atom is -0.340 e. The molecule has 4 fully saturated rings. The molecule has 4 aromatic carbocycles. The van der Waals surface area contributed by atoms with Crippen molar-refractivity contribution in [1.29, 1.82) is 0 Å². The van der Waals surface area contributed by atoms with E-state index in [0.29, 0.717) is 124 Å². The summed E-state index contributed by atoms with van der Waals surface area (Å²) < 4.78 is 114. The summed E-state index contributed by atoms with van der Waals surface area (Å²) in [5.41, 5.74) is 2.52. The third-order valence-corrected chi connectivity index (χ3v) is 20.3. The van der Waals surface area contributed by atoms with E-state index in [0.717, 1.165) is 38.8 Å². The molecule has 4 saturated heterocycles. The SMILES string of the molecule is CCN(C1CCCN1)N(C1CCN(CCO[P+](=O)OCCN2CCC(N(N(CC)C3CCCN3)S(=O)(=O)c3ccc(Nc4nccc(Nc5ccc(F)cc5)n4)cc3)CC2)CC1)S(=O)(=O)c1ccc(Nc2nccc(Nc3ccc(F)cc3)n2)cc1. The van der Waals surface area contributed by atoms with Crippen molar-refractivity contribution in [3.05, 3.63) is 133 Å². The van der Waals surface area contributed by atoms with Crippen LogP contribution in [0.25, 0.3) is 0 Å². The quantitative estimate of drug-likeness (QED) is 0.0199. The lowest BCUT2D eigenvalue weighted by molar-refractivity contribution is -0.0364. The van der Waals surface area contributed by atoms with Crippen LogP contribution >= 0.6 is 8.25 Å². The number of sulfonamides is 2. The lowest BCUT2D eigenvalue weighted by Gasteiger charge is -2.44. The topological polar surface area (TPSA) is 247 Å². The second kappa shape index (κ2) is 29.6. The number of hydrogen-bond donors (Lipinski definition) is 6. The van der Waals surface area contributed by atoms with Crippen molar-refractivity contribution < 1.29 is 39.2 Å². The van der Waals surface area contributed by atoms with Gasteiger partial charge in [0.05, 0.1) is 22.1 Å². The van der Waals surface area contributed by atoms with Crippen molar-refractivity contribution in [2.24, 2.45) is 0 Å². The van der Waals surface area contributed by atoms with E-state index in [-0.39, 0.29) is 59.1 Å². The Balaban J connectivity index is 0.680. The Morgan fingerprint density at radius 3 is 1.24 bits per heavy atom. The number of nitrogens with zero attached hydrogens (tertiary/aromatic N) is 10. The average molecular weight is 1240 g/mol. The van der Waals surface area contributed by atoms with Gasteiger partial charge in [0, 0.05) is 78.0 Å². The Labute approximate surface area is 503 Å². The van der Waals surface area contributed by atoms with E-state index < -0.39 is 28.3 Å². The number of benzene rings is 4. The third kappa shape index (κ3) is 16.3. The summed E-state index contributed by atoms with van der Waals surface area (Å²) in [4.78, 5) is 22.4. The van der Waals surface area contributed by atoms with Crippen molar-refractivity contribution in [2.75, 3.05) is 99.9 Å². The average Bonchev–Trinajstić information content (AvgIpc) is 1.43. The standard InChI is InChI=1S/C58H76F2N16O7PS2/c1-3-73(55-7-5-31-61-55)75(85(78,79)51-21-17-47(18-22-51)67-57-63-33-25-53(69-57)65-45-13-9-43(59)10-14-45)49-27-35-71(36-28-49)39-41-82-84(77)83-42-40-72-37-29-50(30-38-72)76(74(4-2)56-8-6-32-62-56)86(80,81)52-23-19-48(20-24-52)68-58-64-34-26-54(70-58)66-46-15-11-44(60)12-16-46/h9-26,33-34,49-50,55-56,61-62H,3-8,27-32,35-42H2,1-2H3,(H2,63,65,67,69)(H2,64,66,68,70)/q+1. The highest BCUT2D eigenvalue weighted by atomic mass is 32.2. The van der Waals surface area contributed by atoms with Gasteiger partial charge in [-0.15, -0.1) is 17.9 Å². The van der Waals surface area contributed by atoms with Gasteiger partial charge in [-0.2, -0.15) is 9.97 Å². The summed E-state index contributed by atoms with van der Waals surface area (Å²) in [6, 6.07) is 27.8. The van der Waals surface area contributed by atoms with Crippen molar-refractivity contribution >= 4 is 74.6 Å². The predicted octanol–water partition coefficient (Wildman–Crippen LogP) is 8.71. The normalized spacial score (nSPS) is 18.8. The van der Waals surface area contributed by atoms with Crippen LogP contribution in [0.1, 0.15) is 65.2 Å². The van der Waals surface area contributed by atoms with Crippen LogP contribution in [0.15, 0.2) is 131 Å². The Morgan fingerprint density at radius 1 is 0.535 bits per heavy atom. The molecular weight excluding hydrogens is 1170 g/mol. The molecule has 0 bridgehead atoms. The van der Waals surface area contributed by atoms with Gasteiger partial charge in [0.25, 0.3) is 20.0 Å². The zero-order valence-corrected chi connectivity index (χ0v) is 50.9. The van der Waals surface area contributed by atoms with Gasteiger partial charge in [-0.05, 0) is 200 Å². The molecule has 2 atom stereocenters. The fourth-order valence-electron chi connectivity index (χ4n) is 11.4. The molecule has 23 nitrogen and oxygen atoms in total. The zero-order valence-electron chi connectivity index (χ0n) is 48.3. The molecular formula is C58H76F2N16O7PS2+. The minimum atomic E-state index is -4.01. The molecule has 4 aliphatic heterocycles. The number of nitrogens with one attached hydrogen (secondary N) is 6. The van der Waals surface area contributed by atoms with Crippen LogP contribution in [0.5, 0.6) is 0 Å². The van der Waals surface area contributed by atoms with Gasteiger partial charge >= 0.3 is 8.25 Å². The van der Waals surface area contributed by atoms with E-state index in [1.807, 2.05) is 23.9 Å². The molecule has 6 aromatic rings. The molecule has 0 saturated carbocycles. The van der Waals surface area contributed by atoms with Gasteiger partial charge < -0.3 is 41.7 Å². The fourth-order valence-corrected chi connectivity index (χ4v) is 15.6.